The number of hydrogen-bond acceptors (Lipinski definition) is 7. The summed E-state index contributed by atoms with van der Waals surface area (Å²) in [4.78, 5) is 31.5. The van der Waals surface area contributed by atoms with Gasteiger partial charge >= 0.3 is 0 Å². The molecule has 1 saturated heterocycles. The van der Waals surface area contributed by atoms with Crippen molar-refractivity contribution in [3.8, 4) is 0 Å². The Bertz CT molecular complexity index is 764. The lowest BCUT2D eigenvalue weighted by Gasteiger charge is -2.26. The molecule has 9 nitrogen and oxygen atoms in total. The molecule has 2 aliphatic rings. The summed E-state index contributed by atoms with van der Waals surface area (Å²) in [7, 11) is 1.84. The van der Waals surface area contributed by atoms with Gasteiger partial charge in [0.25, 0.3) is 0 Å². The first-order valence-electron chi connectivity index (χ1n) is 10.3. The largest absolute Gasteiger partial charge is 0.350 e. The molecular weight excluding hydrogens is 415 g/mol. The first-order chi connectivity index (χ1) is 14.4. The van der Waals surface area contributed by atoms with Crippen molar-refractivity contribution in [2.45, 2.75) is 45.1 Å². The maximum absolute atomic E-state index is 15.0. The van der Waals surface area contributed by atoms with Crippen LogP contribution in [0.25, 0.3) is 0 Å². The molecule has 0 aromatic carbocycles. The Morgan fingerprint density at radius 3 is 2.73 bits per heavy atom. The van der Waals surface area contributed by atoms with Crippen molar-refractivity contribution < 1.29 is 19.2 Å². The number of nitrogens with zero attached hydrogens (tertiary/aromatic N) is 5. The van der Waals surface area contributed by atoms with Crippen LogP contribution in [0.1, 0.15) is 44.2 Å². The minimum Gasteiger partial charge on any atom is -0.350 e. The van der Waals surface area contributed by atoms with Crippen LogP contribution in [0.15, 0.2) is 0 Å². The summed E-state index contributed by atoms with van der Waals surface area (Å²) < 4.78 is 15.0. The molecule has 0 radical (unpaired) electrons. The fraction of sp³-hybridized carbons (Fsp3) is 0.684. The van der Waals surface area contributed by atoms with E-state index in [2.05, 4.69) is 15.3 Å². The van der Waals surface area contributed by atoms with E-state index in [1.54, 1.807) is 5.01 Å². The van der Waals surface area contributed by atoms with Crippen LogP contribution in [0.5, 0.6) is 0 Å². The van der Waals surface area contributed by atoms with Gasteiger partial charge in [0.15, 0.2) is 11.6 Å². The van der Waals surface area contributed by atoms with E-state index < -0.39 is 11.7 Å². The van der Waals surface area contributed by atoms with Crippen molar-refractivity contribution in [2.75, 3.05) is 31.7 Å². The van der Waals surface area contributed by atoms with Crippen LogP contribution < -0.4 is 10.3 Å². The van der Waals surface area contributed by atoms with Crippen molar-refractivity contribution >= 4 is 29.7 Å². The Kier molecular flexibility index (Phi) is 7.79. The van der Waals surface area contributed by atoms with Gasteiger partial charge in [-0.3, -0.25) is 19.8 Å². The molecule has 1 aliphatic heterocycles. The summed E-state index contributed by atoms with van der Waals surface area (Å²) in [6, 6.07) is 0. The molecule has 166 valence electrons. The molecule has 2 heterocycles. The molecule has 2 fully saturated rings. The third-order valence-corrected chi connectivity index (χ3v) is 5.97. The highest BCUT2D eigenvalue weighted by Crippen LogP contribution is 2.31. The van der Waals surface area contributed by atoms with E-state index in [0.717, 1.165) is 38.6 Å². The van der Waals surface area contributed by atoms with Gasteiger partial charge in [0, 0.05) is 20.1 Å². The zero-order valence-corrected chi connectivity index (χ0v) is 17.8. The van der Waals surface area contributed by atoms with E-state index in [1.807, 2.05) is 12.1 Å². The van der Waals surface area contributed by atoms with E-state index in [0.29, 0.717) is 23.9 Å². The second kappa shape index (κ2) is 10.3. The number of amides is 2. The third kappa shape index (κ3) is 5.55. The zero-order chi connectivity index (χ0) is 21.7. The monoisotopic (exact) mass is 442 g/mol. The molecule has 2 N–H and O–H groups in total. The molecule has 1 aliphatic carbocycles. The second-order valence-electron chi connectivity index (χ2n) is 7.96. The highest BCUT2D eigenvalue weighted by Gasteiger charge is 2.28. The molecule has 0 unspecified atom stereocenters. The van der Waals surface area contributed by atoms with Gasteiger partial charge in [-0.05, 0) is 30.4 Å². The summed E-state index contributed by atoms with van der Waals surface area (Å²) in [5.74, 6) is -1.12. The quantitative estimate of drug-likeness (QED) is 0.261. The molecule has 3 rings (SSSR count). The number of anilines is 1. The van der Waals surface area contributed by atoms with Crippen LogP contribution >= 0.6 is 11.6 Å². The number of halogens is 2. The second-order valence-corrected chi connectivity index (χ2v) is 8.30. The first-order valence-corrected chi connectivity index (χ1v) is 10.7. The van der Waals surface area contributed by atoms with E-state index in [1.165, 1.54) is 0 Å². The van der Waals surface area contributed by atoms with Crippen LogP contribution in [0.2, 0.25) is 5.28 Å². The Morgan fingerprint density at radius 2 is 2.10 bits per heavy atom. The molecule has 1 saturated carbocycles. The van der Waals surface area contributed by atoms with Gasteiger partial charge in [-0.25, -0.2) is 19.4 Å². The van der Waals surface area contributed by atoms with Crippen LogP contribution in [0.3, 0.4) is 0 Å². The molecular formula is C19H28ClFN6O3. The Labute approximate surface area is 180 Å². The van der Waals surface area contributed by atoms with Crippen molar-refractivity contribution in [3.05, 3.63) is 16.8 Å². The minimum atomic E-state index is -0.627. The lowest BCUT2D eigenvalue weighted by atomic mass is 9.92. The number of carbonyl (C=O) groups is 2. The fourth-order valence-electron chi connectivity index (χ4n) is 4.24. The predicted molar refractivity (Wildman–Crippen MR) is 108 cm³/mol. The van der Waals surface area contributed by atoms with Gasteiger partial charge in [-0.15, -0.1) is 0 Å². The predicted octanol–water partition coefficient (Wildman–Crippen LogP) is 1.99. The number of hydroxylamine groups is 2. The third-order valence-electron chi connectivity index (χ3n) is 5.81. The van der Waals surface area contributed by atoms with Gasteiger partial charge in [0.2, 0.25) is 17.6 Å². The van der Waals surface area contributed by atoms with Crippen molar-refractivity contribution in [3.63, 3.8) is 0 Å². The maximum Gasteiger partial charge on any atom is 0.233 e. The van der Waals surface area contributed by atoms with Crippen molar-refractivity contribution in [1.29, 1.82) is 0 Å². The van der Waals surface area contributed by atoms with Gasteiger partial charge in [-0.1, -0.05) is 25.7 Å². The first kappa shape index (κ1) is 22.6. The molecule has 2 amide bonds. The number of nitrogens with one attached hydrogen (secondary N) is 1. The molecule has 0 spiro atoms. The van der Waals surface area contributed by atoms with Crippen LogP contribution in [-0.4, -0.2) is 64.2 Å². The fourth-order valence-corrected chi connectivity index (χ4v) is 4.43. The highest BCUT2D eigenvalue weighted by molar-refractivity contribution is 6.28. The Morgan fingerprint density at radius 1 is 1.37 bits per heavy atom. The van der Waals surface area contributed by atoms with E-state index >= 15 is 4.39 Å². The lowest BCUT2D eigenvalue weighted by Crippen LogP contribution is -2.39. The Balaban J connectivity index is 1.69. The number of carbonyl (C=O) groups excluding carboxylic acids is 2. The molecule has 1 aromatic rings. The van der Waals surface area contributed by atoms with E-state index in [4.69, 9.17) is 11.6 Å². The summed E-state index contributed by atoms with van der Waals surface area (Å²) in [5.41, 5.74) is -0.00508. The number of hydrazine groups is 1. The number of aromatic nitrogens is 2. The smallest absolute Gasteiger partial charge is 0.233 e. The molecule has 30 heavy (non-hydrogen) atoms. The van der Waals surface area contributed by atoms with Crippen LogP contribution in [0.4, 0.5) is 10.2 Å². The molecule has 1 atom stereocenters. The van der Waals surface area contributed by atoms with Crippen molar-refractivity contribution in [2.24, 2.45) is 11.8 Å². The zero-order valence-electron chi connectivity index (χ0n) is 17.1. The summed E-state index contributed by atoms with van der Waals surface area (Å²) in [6.07, 6.45) is 6.01. The van der Waals surface area contributed by atoms with Gasteiger partial charge in [-0.2, -0.15) is 4.98 Å². The SMILES string of the molecule is CN1CCCN1c1nc(Cl)nc(CNC(=O)[C@H](CC2CCCC2)CN(O)C=O)c1F. The summed E-state index contributed by atoms with van der Waals surface area (Å²) >= 11 is 6.00. The summed E-state index contributed by atoms with van der Waals surface area (Å²) in [5, 5.41) is 16.2. The average molecular weight is 443 g/mol. The molecule has 0 bridgehead atoms. The Hall–Kier alpha value is -2.04. The van der Waals surface area contributed by atoms with Gasteiger partial charge in [0.1, 0.15) is 5.69 Å². The van der Waals surface area contributed by atoms with Gasteiger partial charge in [0.05, 0.1) is 19.0 Å². The van der Waals surface area contributed by atoms with Crippen molar-refractivity contribution in [1.82, 2.24) is 25.4 Å². The lowest BCUT2D eigenvalue weighted by molar-refractivity contribution is -0.155. The number of rotatable bonds is 9. The molecule has 1 aromatic heterocycles. The normalized spacial score (nSPS) is 18.6. The minimum absolute atomic E-state index is 0.00508. The average Bonchev–Trinajstić information content (AvgIpc) is 3.39. The van der Waals surface area contributed by atoms with E-state index in [-0.39, 0.29) is 42.2 Å². The number of hydrogen-bond donors (Lipinski definition) is 2. The standard InChI is InChI=1S/C19H28ClFN6O3/c1-25-7-4-8-27(25)17-16(21)15(23-19(20)24-17)10-22-18(29)14(11-26(30)12-28)9-13-5-2-3-6-13/h12-14,30H,2-11H2,1H3,(H,22,29)/t14-/m1/s1. The van der Waals surface area contributed by atoms with Gasteiger partial charge < -0.3 is 5.32 Å². The van der Waals surface area contributed by atoms with Crippen LogP contribution in [0, 0.1) is 17.7 Å². The maximum atomic E-state index is 15.0. The molecule has 11 heteroatoms. The topological polar surface area (TPSA) is 102 Å². The summed E-state index contributed by atoms with van der Waals surface area (Å²) in [6.45, 7) is 1.13. The highest BCUT2D eigenvalue weighted by atomic mass is 35.5. The van der Waals surface area contributed by atoms with Crippen LogP contribution in [-0.2, 0) is 16.1 Å². The van der Waals surface area contributed by atoms with E-state index in [9.17, 15) is 14.8 Å².